The molecule has 0 N–H and O–H groups in total. The Kier molecular flexibility index (Phi) is 3.57. The van der Waals surface area contributed by atoms with Crippen molar-refractivity contribution in [2.45, 2.75) is 24.0 Å². The number of aryl methyl sites for hydroxylation is 2. The van der Waals surface area contributed by atoms with Gasteiger partial charge in [0.15, 0.2) is 11.0 Å². The van der Waals surface area contributed by atoms with Crippen LogP contribution in [0.4, 0.5) is 0 Å². The zero-order chi connectivity index (χ0) is 16.7. The zero-order valence-corrected chi connectivity index (χ0v) is 14.3. The molecule has 120 valence electrons. The van der Waals surface area contributed by atoms with E-state index in [2.05, 4.69) is 33.2 Å². The molecule has 4 aromatic rings. The third kappa shape index (κ3) is 2.46. The average Bonchev–Trinajstić information content (AvgIpc) is 3.14. The second-order valence-corrected chi connectivity index (χ2v) is 6.51. The predicted molar refractivity (Wildman–Crippen MR) is 91.8 cm³/mol. The molecule has 4 rings (SSSR count). The minimum Gasteiger partial charge on any atom is -0.469 e. The molecular formula is C17H15N5OS. The molecular weight excluding hydrogens is 322 g/mol. The van der Waals surface area contributed by atoms with Gasteiger partial charge in [-0.1, -0.05) is 11.6 Å². The van der Waals surface area contributed by atoms with Gasteiger partial charge in [-0.3, -0.25) is 0 Å². The smallest absolute Gasteiger partial charge is 0.197 e. The second-order valence-electron chi connectivity index (χ2n) is 5.56. The molecule has 0 bridgehead atoms. The molecule has 0 saturated carbocycles. The van der Waals surface area contributed by atoms with Crippen LogP contribution in [0.5, 0.6) is 0 Å². The van der Waals surface area contributed by atoms with E-state index in [-0.39, 0.29) is 0 Å². The highest BCUT2D eigenvalue weighted by atomic mass is 32.2. The molecule has 3 heterocycles. The van der Waals surface area contributed by atoms with E-state index in [0.717, 1.165) is 38.2 Å². The van der Waals surface area contributed by atoms with E-state index in [0.29, 0.717) is 0 Å². The number of rotatable bonds is 3. The minimum atomic E-state index is 0.770. The Balaban J connectivity index is 1.76. The van der Waals surface area contributed by atoms with Gasteiger partial charge in [0, 0.05) is 12.4 Å². The molecule has 3 aromatic heterocycles. The van der Waals surface area contributed by atoms with Crippen LogP contribution >= 0.6 is 11.8 Å². The van der Waals surface area contributed by atoms with E-state index in [1.165, 1.54) is 17.3 Å². The summed E-state index contributed by atoms with van der Waals surface area (Å²) < 4.78 is 7.31. The highest BCUT2D eigenvalue weighted by Crippen LogP contribution is 2.32. The van der Waals surface area contributed by atoms with Crippen LogP contribution in [0.25, 0.3) is 22.3 Å². The van der Waals surface area contributed by atoms with Crippen molar-refractivity contribution in [3.8, 4) is 11.4 Å². The van der Waals surface area contributed by atoms with Crippen molar-refractivity contribution in [1.29, 1.82) is 0 Å². The van der Waals surface area contributed by atoms with Gasteiger partial charge >= 0.3 is 0 Å². The molecule has 0 spiro atoms. The summed E-state index contributed by atoms with van der Waals surface area (Å²) in [7, 11) is 1.94. The van der Waals surface area contributed by atoms with Crippen LogP contribution in [0.15, 0.2) is 51.5 Å². The predicted octanol–water partition coefficient (Wildman–Crippen LogP) is 3.79. The van der Waals surface area contributed by atoms with Gasteiger partial charge in [0.25, 0.3) is 0 Å². The fourth-order valence-electron chi connectivity index (χ4n) is 2.57. The van der Waals surface area contributed by atoms with Crippen molar-refractivity contribution in [1.82, 2.24) is 24.7 Å². The van der Waals surface area contributed by atoms with E-state index < -0.39 is 0 Å². The fraction of sp³-hybridized carbons (Fsp3) is 0.176. The minimum absolute atomic E-state index is 0.770. The summed E-state index contributed by atoms with van der Waals surface area (Å²) in [5.74, 6) is 1.60. The van der Waals surface area contributed by atoms with Gasteiger partial charge in [0.05, 0.1) is 17.3 Å². The molecule has 24 heavy (non-hydrogen) atoms. The van der Waals surface area contributed by atoms with E-state index >= 15 is 0 Å². The molecule has 0 aliphatic rings. The largest absolute Gasteiger partial charge is 0.469 e. The third-order valence-corrected chi connectivity index (χ3v) is 4.93. The summed E-state index contributed by atoms with van der Waals surface area (Å²) in [6.07, 6.45) is 3.24. The van der Waals surface area contributed by atoms with Crippen LogP contribution in [0.2, 0.25) is 0 Å². The molecule has 0 aliphatic carbocycles. The highest BCUT2D eigenvalue weighted by Gasteiger charge is 2.16. The molecule has 0 saturated heterocycles. The maximum Gasteiger partial charge on any atom is 0.197 e. The summed E-state index contributed by atoms with van der Waals surface area (Å²) in [4.78, 5) is 8.75. The van der Waals surface area contributed by atoms with Gasteiger partial charge in [-0.2, -0.15) is 0 Å². The Morgan fingerprint density at radius 1 is 1.08 bits per heavy atom. The topological polar surface area (TPSA) is 69.6 Å². The van der Waals surface area contributed by atoms with Crippen LogP contribution in [0.1, 0.15) is 11.3 Å². The third-order valence-electron chi connectivity index (χ3n) is 3.88. The van der Waals surface area contributed by atoms with Gasteiger partial charge in [0.1, 0.15) is 17.1 Å². The quantitative estimate of drug-likeness (QED) is 0.530. The monoisotopic (exact) mass is 337 g/mol. The van der Waals surface area contributed by atoms with E-state index in [1.807, 2.05) is 36.7 Å². The van der Waals surface area contributed by atoms with Crippen molar-refractivity contribution in [3.63, 3.8) is 0 Å². The molecule has 0 atom stereocenters. The maximum absolute atomic E-state index is 5.36. The maximum atomic E-state index is 5.36. The molecule has 0 unspecified atom stereocenters. The van der Waals surface area contributed by atoms with Gasteiger partial charge in [-0.05, 0) is 43.8 Å². The van der Waals surface area contributed by atoms with E-state index in [9.17, 15) is 0 Å². The Morgan fingerprint density at radius 2 is 1.96 bits per heavy atom. The van der Waals surface area contributed by atoms with Crippen LogP contribution in [-0.4, -0.2) is 24.7 Å². The fourth-order valence-corrected chi connectivity index (χ4v) is 3.42. The molecule has 7 heteroatoms. The summed E-state index contributed by atoms with van der Waals surface area (Å²) >= 11 is 1.48. The molecule has 0 amide bonds. The Labute approximate surface area is 143 Å². The Bertz CT molecular complexity index is 1040. The first-order chi connectivity index (χ1) is 11.6. The van der Waals surface area contributed by atoms with Crippen molar-refractivity contribution < 1.29 is 4.42 Å². The highest BCUT2D eigenvalue weighted by molar-refractivity contribution is 7.99. The van der Waals surface area contributed by atoms with Gasteiger partial charge in [-0.25, -0.2) is 9.97 Å². The average molecular weight is 337 g/mol. The second kappa shape index (κ2) is 5.76. The lowest BCUT2D eigenvalue weighted by Crippen LogP contribution is -1.96. The number of fused-ring (bicyclic) bond motifs is 1. The summed E-state index contributed by atoms with van der Waals surface area (Å²) in [5.41, 5.74) is 3.04. The summed E-state index contributed by atoms with van der Waals surface area (Å²) in [6.45, 7) is 3.97. The van der Waals surface area contributed by atoms with Crippen LogP contribution in [-0.2, 0) is 7.05 Å². The molecule has 0 fully saturated rings. The van der Waals surface area contributed by atoms with E-state index in [1.54, 1.807) is 12.6 Å². The first-order valence-corrected chi connectivity index (χ1v) is 8.28. The van der Waals surface area contributed by atoms with Gasteiger partial charge in [-0.15, -0.1) is 10.2 Å². The van der Waals surface area contributed by atoms with Crippen LogP contribution < -0.4 is 0 Å². The SMILES string of the molecule is Cc1ccc2ncnc(Sc3nnc(-c4ccoc4C)n3C)c2c1. The number of furan rings is 1. The normalized spacial score (nSPS) is 11.3. The number of benzene rings is 1. The molecule has 1 aromatic carbocycles. The summed E-state index contributed by atoms with van der Waals surface area (Å²) in [5, 5.41) is 11.3. The lowest BCUT2D eigenvalue weighted by atomic mass is 10.2. The standard InChI is InChI=1S/C17H15N5OS/c1-10-4-5-14-13(8-10)16(19-9-18-14)24-17-21-20-15(22(17)3)12-6-7-23-11(12)2/h4-9H,1-3H3. The Morgan fingerprint density at radius 3 is 2.75 bits per heavy atom. The number of hydrogen-bond donors (Lipinski definition) is 0. The van der Waals surface area contributed by atoms with Crippen molar-refractivity contribution in [2.75, 3.05) is 0 Å². The lowest BCUT2D eigenvalue weighted by molar-refractivity contribution is 0.534. The lowest BCUT2D eigenvalue weighted by Gasteiger charge is -2.06. The first kappa shape index (κ1) is 14.9. The van der Waals surface area contributed by atoms with E-state index in [4.69, 9.17) is 4.42 Å². The first-order valence-electron chi connectivity index (χ1n) is 7.46. The van der Waals surface area contributed by atoms with Gasteiger partial charge in [0.2, 0.25) is 0 Å². The number of nitrogens with zero attached hydrogens (tertiary/aromatic N) is 5. The molecule has 0 aliphatic heterocycles. The zero-order valence-electron chi connectivity index (χ0n) is 13.5. The number of aromatic nitrogens is 5. The molecule has 6 nitrogen and oxygen atoms in total. The summed E-state index contributed by atoms with van der Waals surface area (Å²) in [6, 6.07) is 8.05. The molecule has 0 radical (unpaired) electrons. The van der Waals surface area contributed by atoms with Crippen LogP contribution in [0.3, 0.4) is 0 Å². The Hall–Kier alpha value is -2.67. The van der Waals surface area contributed by atoms with Gasteiger partial charge < -0.3 is 8.98 Å². The van der Waals surface area contributed by atoms with Crippen LogP contribution in [0, 0.1) is 13.8 Å². The van der Waals surface area contributed by atoms with Crippen molar-refractivity contribution >= 4 is 22.7 Å². The van der Waals surface area contributed by atoms with Crippen molar-refractivity contribution in [2.24, 2.45) is 7.05 Å². The number of hydrogen-bond acceptors (Lipinski definition) is 6. The van der Waals surface area contributed by atoms with Crippen molar-refractivity contribution in [3.05, 3.63) is 48.2 Å².